The van der Waals surface area contributed by atoms with Crippen LogP contribution in [-0.2, 0) is 5.60 Å². The third-order valence-electron chi connectivity index (χ3n) is 7.09. The molecule has 3 aromatic carbocycles. The van der Waals surface area contributed by atoms with Crippen molar-refractivity contribution in [2.45, 2.75) is 38.2 Å². The van der Waals surface area contributed by atoms with Crippen molar-refractivity contribution in [2.75, 3.05) is 44.2 Å². The van der Waals surface area contributed by atoms with Gasteiger partial charge in [-0.2, -0.15) is 0 Å². The maximum absolute atomic E-state index is 13.3. The van der Waals surface area contributed by atoms with Crippen LogP contribution in [0.2, 0.25) is 0 Å². The highest BCUT2D eigenvalue weighted by Crippen LogP contribution is 2.38. The van der Waals surface area contributed by atoms with Gasteiger partial charge in [-0.1, -0.05) is 55.8 Å². The summed E-state index contributed by atoms with van der Waals surface area (Å²) in [5.41, 5.74) is 2.02. The molecule has 2 atom stereocenters. The molecule has 3 aromatic rings. The minimum absolute atomic E-state index is 0.0899. The number of piperazine rings is 1. The molecule has 0 spiro atoms. The first-order chi connectivity index (χ1) is 17.0. The molecular formula is C30H37FN2O2. The van der Waals surface area contributed by atoms with Crippen molar-refractivity contribution >= 4 is 5.69 Å². The number of anilines is 1. The number of unbranched alkanes of at least 4 members (excludes halogenated alkanes) is 1. The third-order valence-corrected chi connectivity index (χ3v) is 7.09. The maximum atomic E-state index is 13.3. The summed E-state index contributed by atoms with van der Waals surface area (Å²) < 4.78 is 19.1. The first-order valence-corrected chi connectivity index (χ1v) is 12.7. The van der Waals surface area contributed by atoms with E-state index in [0.717, 1.165) is 68.1 Å². The zero-order chi connectivity index (χ0) is 24.7. The highest BCUT2D eigenvalue weighted by molar-refractivity contribution is 5.46. The van der Waals surface area contributed by atoms with Crippen LogP contribution in [0.3, 0.4) is 0 Å². The van der Waals surface area contributed by atoms with Crippen molar-refractivity contribution in [1.82, 2.24) is 4.90 Å². The smallest absolute Gasteiger partial charge is 0.123 e. The number of aliphatic hydroxyl groups is 1. The van der Waals surface area contributed by atoms with E-state index in [4.69, 9.17) is 4.74 Å². The van der Waals surface area contributed by atoms with Gasteiger partial charge < -0.3 is 14.7 Å². The molecule has 0 saturated carbocycles. The largest absolute Gasteiger partial charge is 0.494 e. The van der Waals surface area contributed by atoms with E-state index < -0.39 is 5.60 Å². The van der Waals surface area contributed by atoms with Gasteiger partial charge in [0.15, 0.2) is 0 Å². The van der Waals surface area contributed by atoms with Crippen molar-refractivity contribution in [3.8, 4) is 5.75 Å². The van der Waals surface area contributed by atoms with Crippen LogP contribution >= 0.6 is 0 Å². The Labute approximate surface area is 209 Å². The highest BCUT2D eigenvalue weighted by Gasteiger charge is 2.36. The molecule has 1 aliphatic rings. The summed E-state index contributed by atoms with van der Waals surface area (Å²) in [6, 6.07) is 24.9. The summed E-state index contributed by atoms with van der Waals surface area (Å²) in [5.74, 6) is 0.542. The summed E-state index contributed by atoms with van der Waals surface area (Å²) in [6.45, 7) is 9.06. The van der Waals surface area contributed by atoms with Gasteiger partial charge in [0, 0.05) is 44.3 Å². The van der Waals surface area contributed by atoms with Crippen molar-refractivity contribution < 1.29 is 14.2 Å². The molecule has 1 aliphatic heterocycles. The van der Waals surface area contributed by atoms with E-state index in [-0.39, 0.29) is 11.7 Å². The molecule has 0 unspecified atom stereocenters. The van der Waals surface area contributed by atoms with Crippen molar-refractivity contribution in [3.05, 3.63) is 95.8 Å². The molecule has 0 radical (unpaired) electrons. The monoisotopic (exact) mass is 476 g/mol. The van der Waals surface area contributed by atoms with Gasteiger partial charge in [-0.25, -0.2) is 4.39 Å². The molecule has 0 aromatic heterocycles. The summed E-state index contributed by atoms with van der Waals surface area (Å²) in [4.78, 5) is 4.72. The minimum atomic E-state index is -1.04. The molecule has 1 N–H and O–H groups in total. The molecule has 35 heavy (non-hydrogen) atoms. The van der Waals surface area contributed by atoms with Gasteiger partial charge >= 0.3 is 0 Å². The third kappa shape index (κ3) is 6.41. The second-order valence-corrected chi connectivity index (χ2v) is 9.60. The van der Waals surface area contributed by atoms with E-state index in [0.29, 0.717) is 6.61 Å². The zero-order valence-electron chi connectivity index (χ0n) is 20.9. The average Bonchev–Trinajstić information content (AvgIpc) is 2.89. The fraction of sp³-hybridized carbons (Fsp3) is 0.400. The molecule has 1 fully saturated rings. The molecule has 0 aliphatic carbocycles. The number of nitrogens with zero attached hydrogens (tertiary/aromatic N) is 2. The molecule has 1 saturated heterocycles. The minimum Gasteiger partial charge on any atom is -0.494 e. The standard InChI is InChI=1S/C30H37FN2O2/c1-3-4-22-35-28-16-10-25(11-17-28)30(2,34)29(24-8-6-5-7-9-24)23-32-18-20-33(21-19-32)27-14-12-26(31)13-15-27/h5-17,29,34H,3-4,18-23H2,1-2H3/t29-,30+/m1/s1. The first kappa shape index (κ1) is 25.2. The van der Waals surface area contributed by atoms with E-state index in [1.165, 1.54) is 12.1 Å². The van der Waals surface area contributed by atoms with Gasteiger partial charge in [-0.15, -0.1) is 0 Å². The Morgan fingerprint density at radius 2 is 1.57 bits per heavy atom. The number of ether oxygens (including phenoxy) is 1. The molecule has 1 heterocycles. The summed E-state index contributed by atoms with van der Waals surface area (Å²) in [6.07, 6.45) is 2.13. The van der Waals surface area contributed by atoms with Crippen LogP contribution in [0.15, 0.2) is 78.9 Å². The van der Waals surface area contributed by atoms with Gasteiger partial charge in [0.25, 0.3) is 0 Å². The van der Waals surface area contributed by atoms with E-state index in [9.17, 15) is 9.50 Å². The van der Waals surface area contributed by atoms with Gasteiger partial charge in [0.05, 0.1) is 12.2 Å². The molecule has 5 heteroatoms. The fourth-order valence-corrected chi connectivity index (χ4v) is 4.82. The maximum Gasteiger partial charge on any atom is 0.123 e. The van der Waals surface area contributed by atoms with Gasteiger partial charge in [0.1, 0.15) is 11.6 Å². The molecule has 0 amide bonds. The Bertz CT molecular complexity index is 1030. The second-order valence-electron chi connectivity index (χ2n) is 9.60. The SMILES string of the molecule is CCCCOc1ccc([C@](C)(O)[C@H](CN2CCN(c3ccc(F)cc3)CC2)c2ccccc2)cc1. The van der Waals surface area contributed by atoms with Gasteiger partial charge in [-0.05, 0) is 60.9 Å². The summed E-state index contributed by atoms with van der Waals surface area (Å²) in [7, 11) is 0. The molecular weight excluding hydrogens is 439 g/mol. The Kier molecular flexibility index (Phi) is 8.42. The average molecular weight is 477 g/mol. The van der Waals surface area contributed by atoms with E-state index in [2.05, 4.69) is 28.9 Å². The quantitative estimate of drug-likeness (QED) is 0.374. The predicted molar refractivity (Wildman–Crippen MR) is 141 cm³/mol. The van der Waals surface area contributed by atoms with Crippen LogP contribution in [0.25, 0.3) is 0 Å². The van der Waals surface area contributed by atoms with Crippen molar-refractivity contribution in [2.24, 2.45) is 0 Å². The summed E-state index contributed by atoms with van der Waals surface area (Å²) >= 11 is 0. The summed E-state index contributed by atoms with van der Waals surface area (Å²) in [5, 5.41) is 11.9. The Morgan fingerprint density at radius 3 is 2.20 bits per heavy atom. The highest BCUT2D eigenvalue weighted by atomic mass is 19.1. The van der Waals surface area contributed by atoms with Crippen LogP contribution in [0.4, 0.5) is 10.1 Å². The number of rotatable bonds is 10. The van der Waals surface area contributed by atoms with Gasteiger partial charge in [-0.3, -0.25) is 4.90 Å². The Morgan fingerprint density at radius 1 is 0.914 bits per heavy atom. The van der Waals surface area contributed by atoms with E-state index in [1.54, 1.807) is 0 Å². The molecule has 0 bridgehead atoms. The second kappa shape index (κ2) is 11.7. The van der Waals surface area contributed by atoms with Crippen LogP contribution in [0.1, 0.15) is 43.7 Å². The Hall–Kier alpha value is -2.89. The van der Waals surface area contributed by atoms with Crippen LogP contribution in [0.5, 0.6) is 5.75 Å². The lowest BCUT2D eigenvalue weighted by Crippen LogP contribution is -2.49. The number of hydrogen-bond donors (Lipinski definition) is 1. The molecule has 4 rings (SSSR count). The fourth-order valence-electron chi connectivity index (χ4n) is 4.82. The molecule has 186 valence electrons. The number of benzene rings is 3. The Balaban J connectivity index is 1.47. The lowest BCUT2D eigenvalue weighted by Gasteiger charge is -2.41. The first-order valence-electron chi connectivity index (χ1n) is 12.7. The number of hydrogen-bond acceptors (Lipinski definition) is 4. The van der Waals surface area contributed by atoms with Crippen LogP contribution in [0, 0.1) is 5.82 Å². The molecule has 4 nitrogen and oxygen atoms in total. The lowest BCUT2D eigenvalue weighted by molar-refractivity contribution is 0.0121. The van der Waals surface area contributed by atoms with E-state index in [1.807, 2.05) is 61.5 Å². The van der Waals surface area contributed by atoms with Crippen molar-refractivity contribution in [1.29, 1.82) is 0 Å². The van der Waals surface area contributed by atoms with Crippen molar-refractivity contribution in [3.63, 3.8) is 0 Å². The number of halogens is 1. The zero-order valence-corrected chi connectivity index (χ0v) is 20.9. The van der Waals surface area contributed by atoms with Gasteiger partial charge in [0.2, 0.25) is 0 Å². The predicted octanol–water partition coefficient (Wildman–Crippen LogP) is 5.82. The van der Waals surface area contributed by atoms with Crippen LogP contribution < -0.4 is 9.64 Å². The lowest BCUT2D eigenvalue weighted by atomic mass is 9.78. The topological polar surface area (TPSA) is 35.9 Å². The normalized spacial score (nSPS) is 17.1. The van der Waals surface area contributed by atoms with Crippen LogP contribution in [-0.4, -0.2) is 49.3 Å². The van der Waals surface area contributed by atoms with E-state index >= 15 is 0 Å².